The fourth-order valence-electron chi connectivity index (χ4n) is 4.10. The molecule has 184 valence electrons. The largest absolute Gasteiger partial charge is 0.378 e. The average molecular weight is 494 g/mol. The maximum atomic E-state index is 13.7. The summed E-state index contributed by atoms with van der Waals surface area (Å²) in [5.74, 6) is -0.411. The Hall–Kier alpha value is -3.36. The Labute approximate surface area is 207 Å². The molecule has 0 aliphatic carbocycles. The lowest BCUT2D eigenvalue weighted by Crippen LogP contribution is -2.38. The Morgan fingerprint density at radius 3 is 2.29 bits per heavy atom. The summed E-state index contributed by atoms with van der Waals surface area (Å²) in [7, 11) is -3.96. The minimum absolute atomic E-state index is 0.150. The highest BCUT2D eigenvalue weighted by Crippen LogP contribution is 2.28. The van der Waals surface area contributed by atoms with Crippen LogP contribution in [0.4, 0.5) is 17.1 Å². The third kappa shape index (κ3) is 5.83. The first-order valence-electron chi connectivity index (χ1n) is 11.8. The van der Waals surface area contributed by atoms with E-state index in [1.165, 1.54) is 4.31 Å². The molecule has 35 heavy (non-hydrogen) atoms. The highest BCUT2D eigenvalue weighted by atomic mass is 32.2. The van der Waals surface area contributed by atoms with E-state index in [-0.39, 0.29) is 11.4 Å². The summed E-state index contributed by atoms with van der Waals surface area (Å²) < 4.78 is 33.9. The number of hydrogen-bond acceptors (Lipinski definition) is 5. The molecular weight excluding hydrogens is 462 g/mol. The summed E-state index contributed by atoms with van der Waals surface area (Å²) in [6.45, 7) is 6.58. The second-order valence-corrected chi connectivity index (χ2v) is 10.4. The number of hydrogen-bond donors (Lipinski definition) is 1. The van der Waals surface area contributed by atoms with Crippen molar-refractivity contribution in [3.8, 4) is 0 Å². The second kappa shape index (κ2) is 10.9. The summed E-state index contributed by atoms with van der Waals surface area (Å²) >= 11 is 0. The molecule has 0 bridgehead atoms. The van der Waals surface area contributed by atoms with Crippen molar-refractivity contribution >= 4 is 33.0 Å². The zero-order valence-corrected chi connectivity index (χ0v) is 20.9. The number of benzene rings is 3. The second-order valence-electron chi connectivity index (χ2n) is 8.50. The Morgan fingerprint density at radius 1 is 0.971 bits per heavy atom. The van der Waals surface area contributed by atoms with Gasteiger partial charge in [0.05, 0.1) is 23.8 Å². The van der Waals surface area contributed by atoms with Crippen molar-refractivity contribution in [2.24, 2.45) is 0 Å². The van der Waals surface area contributed by atoms with Gasteiger partial charge in [-0.15, -0.1) is 0 Å². The number of carbonyl (C=O) groups excluding carboxylic acids is 1. The van der Waals surface area contributed by atoms with Crippen molar-refractivity contribution in [1.29, 1.82) is 0 Å². The first-order valence-corrected chi connectivity index (χ1v) is 13.2. The van der Waals surface area contributed by atoms with Crippen LogP contribution >= 0.6 is 0 Å². The van der Waals surface area contributed by atoms with Gasteiger partial charge in [0.1, 0.15) is 6.54 Å². The van der Waals surface area contributed by atoms with Crippen molar-refractivity contribution in [3.05, 3.63) is 83.9 Å². The van der Waals surface area contributed by atoms with Crippen LogP contribution in [0.1, 0.15) is 18.1 Å². The third-order valence-corrected chi connectivity index (χ3v) is 7.84. The van der Waals surface area contributed by atoms with E-state index in [0.717, 1.165) is 29.9 Å². The summed E-state index contributed by atoms with van der Waals surface area (Å²) in [6, 6.07) is 21.5. The first kappa shape index (κ1) is 24.8. The summed E-state index contributed by atoms with van der Waals surface area (Å²) in [5.41, 5.74) is 4.00. The van der Waals surface area contributed by atoms with E-state index in [1.807, 2.05) is 50.2 Å². The molecule has 0 unspecified atom stereocenters. The number of amides is 1. The minimum atomic E-state index is -3.96. The van der Waals surface area contributed by atoms with Crippen LogP contribution in [0, 0.1) is 6.92 Å². The molecule has 0 radical (unpaired) electrons. The molecule has 1 aliphatic rings. The average Bonchev–Trinajstić information content (AvgIpc) is 2.88. The molecule has 1 heterocycles. The van der Waals surface area contributed by atoms with Crippen LogP contribution in [-0.4, -0.2) is 47.2 Å². The van der Waals surface area contributed by atoms with E-state index < -0.39 is 15.9 Å². The summed E-state index contributed by atoms with van der Waals surface area (Å²) in [4.78, 5) is 15.4. The quantitative estimate of drug-likeness (QED) is 0.508. The zero-order chi connectivity index (χ0) is 24.8. The lowest BCUT2D eigenvalue weighted by Gasteiger charge is -2.29. The van der Waals surface area contributed by atoms with Crippen LogP contribution in [0.5, 0.6) is 0 Å². The van der Waals surface area contributed by atoms with Gasteiger partial charge in [0.2, 0.25) is 5.91 Å². The van der Waals surface area contributed by atoms with Crippen molar-refractivity contribution in [3.63, 3.8) is 0 Å². The molecule has 4 rings (SSSR count). The van der Waals surface area contributed by atoms with Gasteiger partial charge in [-0.2, -0.15) is 0 Å². The van der Waals surface area contributed by atoms with Crippen LogP contribution in [0.15, 0.2) is 77.7 Å². The lowest BCUT2D eigenvalue weighted by atomic mass is 10.1. The Balaban J connectivity index is 1.57. The number of carbonyl (C=O) groups is 1. The van der Waals surface area contributed by atoms with E-state index in [2.05, 4.69) is 10.2 Å². The maximum Gasteiger partial charge on any atom is 0.264 e. The number of morpholine rings is 1. The van der Waals surface area contributed by atoms with E-state index in [9.17, 15) is 13.2 Å². The van der Waals surface area contributed by atoms with Crippen molar-refractivity contribution in [2.75, 3.05) is 47.4 Å². The third-order valence-electron chi connectivity index (χ3n) is 6.06. The molecule has 1 saturated heterocycles. The van der Waals surface area contributed by atoms with Gasteiger partial charge in [-0.3, -0.25) is 9.10 Å². The van der Waals surface area contributed by atoms with Crippen LogP contribution in [-0.2, 0) is 26.0 Å². The van der Waals surface area contributed by atoms with Gasteiger partial charge >= 0.3 is 0 Å². The summed E-state index contributed by atoms with van der Waals surface area (Å²) in [5, 5.41) is 2.85. The molecule has 3 aromatic carbocycles. The molecular formula is C27H31N3O4S. The predicted molar refractivity (Wildman–Crippen MR) is 140 cm³/mol. The van der Waals surface area contributed by atoms with Crippen LogP contribution in [0.25, 0.3) is 0 Å². The van der Waals surface area contributed by atoms with E-state index in [4.69, 9.17) is 4.74 Å². The highest BCUT2D eigenvalue weighted by Gasteiger charge is 2.28. The van der Waals surface area contributed by atoms with Gasteiger partial charge in [-0.1, -0.05) is 42.8 Å². The van der Waals surface area contributed by atoms with Crippen LogP contribution in [0.3, 0.4) is 0 Å². The van der Waals surface area contributed by atoms with Crippen LogP contribution < -0.4 is 14.5 Å². The Bertz CT molecular complexity index is 1250. The number of sulfonamides is 1. The minimum Gasteiger partial charge on any atom is -0.378 e. The van der Waals surface area contributed by atoms with Crippen molar-refractivity contribution in [2.45, 2.75) is 25.2 Å². The number of anilines is 3. The Morgan fingerprint density at radius 2 is 1.63 bits per heavy atom. The SMILES string of the molecule is CCc1ccccc1N(CC(=O)Nc1ccc(N2CCOCC2)cc1)S(=O)(=O)c1ccc(C)cc1. The smallest absolute Gasteiger partial charge is 0.264 e. The highest BCUT2D eigenvalue weighted by molar-refractivity contribution is 7.92. The number of nitrogens with one attached hydrogen (secondary N) is 1. The van der Waals surface area contributed by atoms with E-state index in [0.29, 0.717) is 31.0 Å². The molecule has 1 fully saturated rings. The fourth-order valence-corrected chi connectivity index (χ4v) is 5.56. The fraction of sp³-hybridized carbons (Fsp3) is 0.296. The number of nitrogens with zero attached hydrogens (tertiary/aromatic N) is 2. The van der Waals surface area contributed by atoms with Crippen LogP contribution in [0.2, 0.25) is 0 Å². The normalized spacial score (nSPS) is 13.9. The van der Waals surface area contributed by atoms with Crippen molar-refractivity contribution < 1.29 is 17.9 Å². The van der Waals surface area contributed by atoms with Gasteiger partial charge in [0.25, 0.3) is 10.0 Å². The molecule has 1 aliphatic heterocycles. The molecule has 8 heteroatoms. The number of aryl methyl sites for hydroxylation is 2. The summed E-state index contributed by atoms with van der Waals surface area (Å²) in [6.07, 6.45) is 0.640. The molecule has 1 amide bonds. The van der Waals surface area contributed by atoms with E-state index >= 15 is 0 Å². The van der Waals surface area contributed by atoms with E-state index in [1.54, 1.807) is 36.4 Å². The van der Waals surface area contributed by atoms with Gasteiger partial charge in [-0.05, 0) is 61.4 Å². The molecule has 7 nitrogen and oxygen atoms in total. The standard InChI is InChI=1S/C27H31N3O4S/c1-3-22-6-4-5-7-26(22)30(35(32,33)25-14-8-21(2)9-15-25)20-27(31)28-23-10-12-24(13-11-23)29-16-18-34-19-17-29/h4-15H,3,16-20H2,1-2H3,(H,28,31). The van der Waals surface area contributed by atoms with Gasteiger partial charge in [0, 0.05) is 24.5 Å². The molecule has 0 aromatic heterocycles. The molecule has 0 saturated carbocycles. The molecule has 1 N–H and O–H groups in total. The monoisotopic (exact) mass is 493 g/mol. The van der Waals surface area contributed by atoms with Gasteiger partial charge in [-0.25, -0.2) is 8.42 Å². The number of para-hydroxylation sites is 1. The zero-order valence-electron chi connectivity index (χ0n) is 20.1. The molecule has 0 atom stereocenters. The maximum absolute atomic E-state index is 13.7. The number of rotatable bonds is 8. The van der Waals surface area contributed by atoms with Gasteiger partial charge < -0.3 is 15.0 Å². The first-order chi connectivity index (χ1) is 16.9. The molecule has 0 spiro atoms. The van der Waals surface area contributed by atoms with Gasteiger partial charge in [0.15, 0.2) is 0 Å². The predicted octanol–water partition coefficient (Wildman–Crippen LogP) is 4.23. The molecule has 3 aromatic rings. The number of ether oxygens (including phenoxy) is 1. The topological polar surface area (TPSA) is 79.0 Å². The van der Waals surface area contributed by atoms with Crippen molar-refractivity contribution in [1.82, 2.24) is 0 Å². The lowest BCUT2D eigenvalue weighted by molar-refractivity contribution is -0.114. The Kier molecular flexibility index (Phi) is 7.73.